The molecule has 1 N–H and O–H groups in total. The van der Waals surface area contributed by atoms with E-state index in [0.717, 1.165) is 31.1 Å². The van der Waals surface area contributed by atoms with Gasteiger partial charge in [0, 0.05) is 37.3 Å². The number of nitrogens with zero attached hydrogens (tertiary/aromatic N) is 2. The number of nitrogens with one attached hydrogen (secondary N) is 1. The molecule has 3 nitrogen and oxygen atoms in total. The van der Waals surface area contributed by atoms with E-state index in [2.05, 4.69) is 28.4 Å². The van der Waals surface area contributed by atoms with Crippen molar-refractivity contribution in [3.8, 4) is 0 Å². The highest BCUT2D eigenvalue weighted by Crippen LogP contribution is 2.00. The topological polar surface area (TPSA) is 29.9 Å². The van der Waals surface area contributed by atoms with E-state index in [-0.39, 0.29) is 0 Å². The molecule has 0 aliphatic heterocycles. The van der Waals surface area contributed by atoms with E-state index in [1.165, 1.54) is 5.69 Å². The molecular weight excluding hydrogens is 206 g/mol. The minimum Gasteiger partial charge on any atom is -0.334 e. The van der Waals surface area contributed by atoms with Crippen LogP contribution in [-0.4, -0.2) is 27.6 Å². The van der Waals surface area contributed by atoms with Gasteiger partial charge in [-0.05, 0) is 6.92 Å². The molecule has 0 radical (unpaired) electrons. The van der Waals surface area contributed by atoms with Crippen LogP contribution in [0.25, 0.3) is 0 Å². The lowest BCUT2D eigenvalue weighted by Gasteiger charge is -2.06. The van der Waals surface area contributed by atoms with Crippen molar-refractivity contribution in [1.29, 1.82) is 0 Å². The second kappa shape index (κ2) is 7.54. The lowest BCUT2D eigenvalue weighted by molar-refractivity contribution is 0.647. The largest absolute Gasteiger partial charge is 0.334 e. The number of hydrogen-bond acceptors (Lipinski definition) is 3. The van der Waals surface area contributed by atoms with Crippen LogP contribution < -0.4 is 5.32 Å². The van der Waals surface area contributed by atoms with Crippen molar-refractivity contribution in [3.63, 3.8) is 0 Å². The zero-order valence-electron chi connectivity index (χ0n) is 9.28. The molecule has 0 spiro atoms. The summed E-state index contributed by atoms with van der Waals surface area (Å²) in [6, 6.07) is 0. The third-order valence-electron chi connectivity index (χ3n) is 2.10. The average Bonchev–Trinajstić information content (AvgIpc) is 2.70. The fourth-order valence-corrected chi connectivity index (χ4v) is 1.93. The zero-order valence-corrected chi connectivity index (χ0v) is 10.1. The first kappa shape index (κ1) is 12.3. The van der Waals surface area contributed by atoms with Crippen molar-refractivity contribution in [2.45, 2.75) is 20.0 Å². The van der Waals surface area contributed by atoms with Crippen LogP contribution in [0.15, 0.2) is 25.2 Å². The van der Waals surface area contributed by atoms with E-state index < -0.39 is 0 Å². The molecule has 4 heteroatoms. The maximum absolute atomic E-state index is 4.13. The molecule has 84 valence electrons. The molecule has 1 rings (SSSR count). The van der Waals surface area contributed by atoms with Gasteiger partial charge in [0.2, 0.25) is 0 Å². The second-order valence-electron chi connectivity index (χ2n) is 3.21. The normalized spacial score (nSPS) is 10.5. The van der Waals surface area contributed by atoms with Crippen molar-refractivity contribution in [3.05, 3.63) is 30.9 Å². The molecule has 0 saturated carbocycles. The van der Waals surface area contributed by atoms with Crippen LogP contribution in [0, 0.1) is 0 Å². The molecule has 0 atom stereocenters. The highest BCUT2D eigenvalue weighted by Gasteiger charge is 1.98. The van der Waals surface area contributed by atoms with Crippen molar-refractivity contribution in [2.24, 2.45) is 0 Å². The van der Waals surface area contributed by atoms with Gasteiger partial charge in [0.15, 0.2) is 0 Å². The number of thioether (sulfide) groups is 1. The minimum absolute atomic E-state index is 0.905. The maximum Gasteiger partial charge on any atom is 0.0948 e. The van der Waals surface area contributed by atoms with Crippen molar-refractivity contribution in [1.82, 2.24) is 14.9 Å². The Bertz CT molecular complexity index is 283. The first-order chi connectivity index (χ1) is 7.38. The molecule has 0 amide bonds. The monoisotopic (exact) mass is 225 g/mol. The molecule has 0 unspecified atom stereocenters. The van der Waals surface area contributed by atoms with Crippen LogP contribution in [0.4, 0.5) is 0 Å². The van der Waals surface area contributed by atoms with Gasteiger partial charge in [0.1, 0.15) is 0 Å². The molecule has 0 bridgehead atoms. The van der Waals surface area contributed by atoms with Gasteiger partial charge in [-0.15, -0.1) is 6.58 Å². The molecule has 1 aromatic heterocycles. The van der Waals surface area contributed by atoms with E-state index in [9.17, 15) is 0 Å². The first-order valence-corrected chi connectivity index (χ1v) is 6.42. The van der Waals surface area contributed by atoms with E-state index in [1.54, 1.807) is 0 Å². The summed E-state index contributed by atoms with van der Waals surface area (Å²) in [5, 5.41) is 3.41. The van der Waals surface area contributed by atoms with Gasteiger partial charge in [0.05, 0.1) is 12.0 Å². The van der Waals surface area contributed by atoms with Gasteiger partial charge in [-0.2, -0.15) is 11.8 Å². The number of aryl methyl sites for hydroxylation is 1. The van der Waals surface area contributed by atoms with Gasteiger partial charge >= 0.3 is 0 Å². The van der Waals surface area contributed by atoms with Gasteiger partial charge in [0.25, 0.3) is 0 Å². The third-order valence-corrected chi connectivity index (χ3v) is 3.07. The first-order valence-electron chi connectivity index (χ1n) is 5.26. The van der Waals surface area contributed by atoms with Gasteiger partial charge in [-0.1, -0.05) is 6.08 Å². The highest BCUT2D eigenvalue weighted by atomic mass is 32.2. The SMILES string of the molecule is C=CCSCCNCc1cncn1CC. The highest BCUT2D eigenvalue weighted by molar-refractivity contribution is 7.99. The standard InChI is InChI=1S/C11H19N3S/c1-3-6-15-7-5-12-8-11-9-13-10-14(11)4-2/h3,9-10,12H,1,4-8H2,2H3. The maximum atomic E-state index is 4.13. The van der Waals surface area contributed by atoms with Crippen molar-refractivity contribution in [2.75, 3.05) is 18.1 Å². The fourth-order valence-electron chi connectivity index (χ4n) is 1.31. The number of imidazole rings is 1. The van der Waals surface area contributed by atoms with Gasteiger partial charge in [-0.3, -0.25) is 0 Å². The molecule has 0 aromatic carbocycles. The van der Waals surface area contributed by atoms with Crippen LogP contribution in [0.3, 0.4) is 0 Å². The van der Waals surface area contributed by atoms with Crippen LogP contribution in [0.2, 0.25) is 0 Å². The Morgan fingerprint density at radius 3 is 3.27 bits per heavy atom. The number of hydrogen-bond donors (Lipinski definition) is 1. The lowest BCUT2D eigenvalue weighted by Crippen LogP contribution is -2.18. The summed E-state index contributed by atoms with van der Waals surface area (Å²) in [5.74, 6) is 2.17. The summed E-state index contributed by atoms with van der Waals surface area (Å²) in [7, 11) is 0. The molecule has 15 heavy (non-hydrogen) atoms. The molecular formula is C11H19N3S. The lowest BCUT2D eigenvalue weighted by atomic mass is 10.4. The van der Waals surface area contributed by atoms with Crippen LogP contribution in [0.1, 0.15) is 12.6 Å². The molecule has 0 aliphatic carbocycles. The third kappa shape index (κ3) is 4.53. The van der Waals surface area contributed by atoms with E-state index >= 15 is 0 Å². The molecule has 1 heterocycles. The minimum atomic E-state index is 0.905. The van der Waals surface area contributed by atoms with Crippen LogP contribution >= 0.6 is 11.8 Å². The number of rotatable bonds is 8. The second-order valence-corrected chi connectivity index (χ2v) is 4.36. The Hall–Kier alpha value is -0.740. The summed E-state index contributed by atoms with van der Waals surface area (Å²) >= 11 is 1.90. The van der Waals surface area contributed by atoms with Crippen LogP contribution in [0.5, 0.6) is 0 Å². The van der Waals surface area contributed by atoms with E-state index in [1.807, 2.05) is 30.4 Å². The fraction of sp³-hybridized carbons (Fsp3) is 0.545. The Morgan fingerprint density at radius 2 is 2.53 bits per heavy atom. The van der Waals surface area contributed by atoms with E-state index in [0.29, 0.717) is 0 Å². The Labute approximate surface area is 96.0 Å². The summed E-state index contributed by atoms with van der Waals surface area (Å²) in [4.78, 5) is 4.13. The van der Waals surface area contributed by atoms with Gasteiger partial charge in [-0.25, -0.2) is 4.98 Å². The quantitative estimate of drug-likeness (QED) is 0.541. The molecule has 0 fully saturated rings. The molecule has 0 aliphatic rings. The van der Waals surface area contributed by atoms with Crippen LogP contribution in [-0.2, 0) is 13.1 Å². The Morgan fingerprint density at radius 1 is 1.67 bits per heavy atom. The molecule has 1 aromatic rings. The van der Waals surface area contributed by atoms with E-state index in [4.69, 9.17) is 0 Å². The Kier molecular flexibility index (Phi) is 6.20. The predicted molar refractivity (Wildman–Crippen MR) is 67.1 cm³/mol. The summed E-state index contributed by atoms with van der Waals surface area (Å²) in [6.07, 6.45) is 5.74. The summed E-state index contributed by atoms with van der Waals surface area (Å²) < 4.78 is 2.16. The van der Waals surface area contributed by atoms with Crippen molar-refractivity contribution >= 4 is 11.8 Å². The smallest absolute Gasteiger partial charge is 0.0948 e. The molecule has 0 saturated heterocycles. The zero-order chi connectivity index (χ0) is 10.9. The predicted octanol–water partition coefficient (Wildman–Crippen LogP) is 1.91. The van der Waals surface area contributed by atoms with Gasteiger partial charge < -0.3 is 9.88 Å². The summed E-state index contributed by atoms with van der Waals surface area (Å²) in [6.45, 7) is 8.75. The number of aromatic nitrogens is 2. The van der Waals surface area contributed by atoms with Crippen molar-refractivity contribution < 1.29 is 0 Å². The summed E-state index contributed by atoms with van der Waals surface area (Å²) in [5.41, 5.74) is 1.26. The Balaban J connectivity index is 2.12. The average molecular weight is 225 g/mol.